The molecule has 0 rings (SSSR count). The molecular weight excluding hydrogens is 273 g/mol. The van der Waals surface area contributed by atoms with Gasteiger partial charge in [-0.3, -0.25) is 0 Å². The molecule has 0 N–H and O–H groups in total. The molecule has 0 aliphatic rings. The maximum atomic E-state index is 9.60. The third kappa shape index (κ3) is 7.77. The van der Waals surface area contributed by atoms with Crippen LogP contribution in [-0.2, 0) is 9.59 Å². The Morgan fingerprint density at radius 1 is 1.10 bits per heavy atom. The molecule has 0 bridgehead atoms. The van der Waals surface area contributed by atoms with Gasteiger partial charge in [0.15, 0.2) is 0 Å². The van der Waals surface area contributed by atoms with Crippen molar-refractivity contribution >= 4 is 34.5 Å². The molecule has 0 spiro atoms. The summed E-state index contributed by atoms with van der Waals surface area (Å²) in [5.74, 6) is -3.27. The Morgan fingerprint density at radius 3 is 1.30 bits per heavy atom. The number of carbonyl (C=O) groups excluding carboxylic acids is 2. The summed E-state index contributed by atoms with van der Waals surface area (Å²) in [7, 11) is 0. The standard InChI is InChI=1S/C3H3IO4.2Na/c4-1(2(5)6)3(7)8;;/h1H,(H,5,6)(H,7,8);;/q;2*+1/p-2. The van der Waals surface area contributed by atoms with Gasteiger partial charge in [0.1, 0.15) is 0 Å². The zero-order valence-electron chi connectivity index (χ0n) is 5.59. The van der Waals surface area contributed by atoms with Crippen LogP contribution in [0.3, 0.4) is 0 Å². The van der Waals surface area contributed by atoms with Crippen LogP contribution in [0.15, 0.2) is 0 Å². The third-order valence-electron chi connectivity index (χ3n) is 0.414. The number of carboxylic acid groups (broad SMARTS) is 2. The minimum Gasteiger partial charge on any atom is -0.549 e. The number of carboxylic acids is 2. The van der Waals surface area contributed by atoms with Crippen molar-refractivity contribution in [3.05, 3.63) is 0 Å². The van der Waals surface area contributed by atoms with E-state index in [1.54, 1.807) is 0 Å². The van der Waals surface area contributed by atoms with E-state index in [4.69, 9.17) is 0 Å². The number of aliphatic carboxylic acids is 2. The molecule has 10 heavy (non-hydrogen) atoms. The number of hydrogen-bond acceptors (Lipinski definition) is 4. The number of hydrogen-bond donors (Lipinski definition) is 0. The van der Waals surface area contributed by atoms with Gasteiger partial charge in [-0.1, -0.05) is 22.6 Å². The molecule has 0 atom stereocenters. The van der Waals surface area contributed by atoms with E-state index in [-0.39, 0.29) is 59.1 Å². The maximum absolute atomic E-state index is 9.60. The summed E-state index contributed by atoms with van der Waals surface area (Å²) in [5, 5.41) is 19.2. The molecule has 0 saturated heterocycles. The van der Waals surface area contributed by atoms with Crippen LogP contribution in [0.1, 0.15) is 0 Å². The van der Waals surface area contributed by atoms with Gasteiger partial charge >= 0.3 is 59.1 Å². The fourth-order valence-electron chi connectivity index (χ4n) is 0.0962. The molecule has 0 saturated carbocycles. The Morgan fingerprint density at radius 2 is 1.30 bits per heavy atom. The van der Waals surface area contributed by atoms with Crippen molar-refractivity contribution in [1.29, 1.82) is 0 Å². The van der Waals surface area contributed by atoms with Crippen LogP contribution in [0.2, 0.25) is 0 Å². The van der Waals surface area contributed by atoms with Gasteiger partial charge in [-0.25, -0.2) is 0 Å². The zero-order valence-corrected chi connectivity index (χ0v) is 11.7. The number of halogens is 1. The van der Waals surface area contributed by atoms with Crippen LogP contribution >= 0.6 is 22.6 Å². The molecule has 0 heterocycles. The molecule has 0 radical (unpaired) electrons. The Labute approximate surface area is 115 Å². The number of carbonyl (C=O) groups is 2. The third-order valence-corrected chi connectivity index (χ3v) is 1.43. The molecule has 0 aliphatic heterocycles. The minimum atomic E-state index is -1.63. The second kappa shape index (κ2) is 8.76. The molecule has 0 aliphatic carbocycles. The smallest absolute Gasteiger partial charge is 0.549 e. The van der Waals surface area contributed by atoms with Gasteiger partial charge in [-0.05, 0) is 0 Å². The molecule has 4 nitrogen and oxygen atoms in total. The van der Waals surface area contributed by atoms with Gasteiger partial charge in [-0.2, -0.15) is 0 Å². The summed E-state index contributed by atoms with van der Waals surface area (Å²) in [5.41, 5.74) is 0. The topological polar surface area (TPSA) is 80.3 Å². The first-order valence-corrected chi connectivity index (χ1v) is 2.86. The van der Waals surface area contributed by atoms with Crippen LogP contribution in [0.5, 0.6) is 0 Å². The van der Waals surface area contributed by atoms with Crippen LogP contribution < -0.4 is 69.3 Å². The van der Waals surface area contributed by atoms with Crippen molar-refractivity contribution in [1.82, 2.24) is 0 Å². The van der Waals surface area contributed by atoms with Gasteiger partial charge in [-0.15, -0.1) is 0 Å². The Hall–Kier alpha value is 1.67. The van der Waals surface area contributed by atoms with Gasteiger partial charge in [0.05, 0.1) is 15.9 Å². The van der Waals surface area contributed by atoms with Gasteiger partial charge in [0, 0.05) is 0 Å². The fraction of sp³-hybridized carbons (Fsp3) is 0.333. The van der Waals surface area contributed by atoms with E-state index in [9.17, 15) is 19.8 Å². The molecule has 0 aromatic carbocycles. The quantitative estimate of drug-likeness (QED) is 0.217. The summed E-state index contributed by atoms with van der Waals surface area (Å²) >= 11 is 1.20. The van der Waals surface area contributed by atoms with Gasteiger partial charge in [0.25, 0.3) is 0 Å². The van der Waals surface area contributed by atoms with E-state index >= 15 is 0 Å². The Kier molecular flexibility index (Phi) is 15.5. The largest absolute Gasteiger partial charge is 1.00 e. The van der Waals surface area contributed by atoms with Crippen molar-refractivity contribution in [3.8, 4) is 0 Å². The molecule has 46 valence electrons. The molecule has 0 unspecified atom stereocenters. The van der Waals surface area contributed by atoms with E-state index in [0.29, 0.717) is 0 Å². The van der Waals surface area contributed by atoms with Crippen molar-refractivity contribution in [2.45, 2.75) is 3.92 Å². The SMILES string of the molecule is O=C([O-])C(I)C(=O)[O-].[Na+].[Na+]. The average Bonchev–Trinajstić information content (AvgIpc) is 1.64. The van der Waals surface area contributed by atoms with Gasteiger partial charge in [0.2, 0.25) is 0 Å². The van der Waals surface area contributed by atoms with E-state index in [2.05, 4.69) is 0 Å². The second-order valence-electron chi connectivity index (χ2n) is 1.00. The summed E-state index contributed by atoms with van der Waals surface area (Å²) < 4.78 is -1.55. The minimum absolute atomic E-state index is 0. The van der Waals surface area contributed by atoms with Crippen LogP contribution in [0.4, 0.5) is 0 Å². The summed E-state index contributed by atoms with van der Waals surface area (Å²) in [6.45, 7) is 0. The summed E-state index contributed by atoms with van der Waals surface area (Å²) in [6, 6.07) is 0. The second-order valence-corrected chi connectivity index (χ2v) is 2.25. The first kappa shape index (κ1) is 17.7. The molecule has 7 heteroatoms. The number of alkyl halides is 1. The molecule has 0 aromatic rings. The molecule has 0 amide bonds. The molecule has 0 aromatic heterocycles. The van der Waals surface area contributed by atoms with Crippen molar-refractivity contribution in [3.63, 3.8) is 0 Å². The first-order valence-electron chi connectivity index (χ1n) is 1.61. The van der Waals surface area contributed by atoms with Crippen molar-refractivity contribution in [2.24, 2.45) is 0 Å². The van der Waals surface area contributed by atoms with E-state index in [1.807, 2.05) is 0 Å². The number of rotatable bonds is 2. The molecular formula is C3HINa2O4. The predicted octanol–water partition coefficient (Wildman–Crippen LogP) is -8.70. The van der Waals surface area contributed by atoms with Crippen LogP contribution in [-0.4, -0.2) is 15.9 Å². The van der Waals surface area contributed by atoms with Crippen LogP contribution in [0, 0.1) is 0 Å². The average molecular weight is 274 g/mol. The predicted molar refractivity (Wildman–Crippen MR) is 27.8 cm³/mol. The van der Waals surface area contributed by atoms with Crippen molar-refractivity contribution in [2.75, 3.05) is 0 Å². The van der Waals surface area contributed by atoms with Crippen LogP contribution in [0.25, 0.3) is 0 Å². The first-order chi connectivity index (χ1) is 3.55. The maximum Gasteiger partial charge on any atom is 1.00 e. The zero-order chi connectivity index (χ0) is 6.73. The van der Waals surface area contributed by atoms with E-state index in [0.717, 1.165) is 0 Å². The molecule has 0 fully saturated rings. The fourth-order valence-corrected chi connectivity index (χ4v) is 0.0962. The summed E-state index contributed by atoms with van der Waals surface area (Å²) in [6.07, 6.45) is 0. The van der Waals surface area contributed by atoms with Gasteiger partial charge < -0.3 is 19.8 Å². The van der Waals surface area contributed by atoms with E-state index in [1.165, 1.54) is 22.6 Å². The Balaban J connectivity index is -0.000000245. The monoisotopic (exact) mass is 274 g/mol. The normalized spacial score (nSPS) is 7.40. The summed E-state index contributed by atoms with van der Waals surface area (Å²) in [4.78, 5) is 19.2. The Bertz CT molecular complexity index is 114. The van der Waals surface area contributed by atoms with E-state index < -0.39 is 15.9 Å². The van der Waals surface area contributed by atoms with Crippen molar-refractivity contribution < 1.29 is 78.9 Å².